The second-order valence-corrected chi connectivity index (χ2v) is 7.30. The van der Waals surface area contributed by atoms with Crippen LogP contribution in [0, 0.1) is 0 Å². The number of carbonyl (C=O) groups is 2. The van der Waals surface area contributed by atoms with Gasteiger partial charge in [0.1, 0.15) is 12.4 Å². The zero-order valence-electron chi connectivity index (χ0n) is 15.9. The molecule has 0 saturated carbocycles. The Kier molecular flexibility index (Phi) is 6.04. The number of rotatable bonds is 5. The Morgan fingerprint density at radius 3 is 2.61 bits per heavy atom. The highest BCUT2D eigenvalue weighted by molar-refractivity contribution is 9.10. The van der Waals surface area contributed by atoms with Crippen LogP contribution in [0.25, 0.3) is 0 Å². The van der Waals surface area contributed by atoms with Crippen LogP contribution in [0.4, 0.5) is 4.79 Å². The van der Waals surface area contributed by atoms with Crippen molar-refractivity contribution in [1.29, 1.82) is 0 Å². The smallest absolute Gasteiger partial charge is 0.337 e. The quantitative estimate of drug-likeness (QED) is 0.702. The van der Waals surface area contributed by atoms with Gasteiger partial charge in [-0.15, -0.1) is 0 Å². The Morgan fingerprint density at radius 2 is 1.93 bits per heavy atom. The van der Waals surface area contributed by atoms with Gasteiger partial charge in [-0.3, -0.25) is 0 Å². The number of hydrogen-bond donors (Lipinski definition) is 1. The molecule has 1 atom stereocenters. The van der Waals surface area contributed by atoms with Gasteiger partial charge in [-0.1, -0.05) is 46.3 Å². The number of allylic oxidation sites excluding steroid dienone is 1. The molecule has 1 aliphatic heterocycles. The summed E-state index contributed by atoms with van der Waals surface area (Å²) >= 11 is 3.46. The summed E-state index contributed by atoms with van der Waals surface area (Å²) in [6.07, 6.45) is 0. The van der Waals surface area contributed by atoms with E-state index >= 15 is 0 Å². The number of benzene rings is 2. The minimum Gasteiger partial charge on any atom is -0.489 e. The molecule has 0 unspecified atom stereocenters. The lowest BCUT2D eigenvalue weighted by Crippen LogP contribution is -2.46. The summed E-state index contributed by atoms with van der Waals surface area (Å²) in [6.45, 7) is 2.09. The summed E-state index contributed by atoms with van der Waals surface area (Å²) in [6, 6.07) is 14.3. The molecule has 0 aromatic heterocycles. The van der Waals surface area contributed by atoms with Crippen LogP contribution in [-0.4, -0.2) is 31.1 Å². The molecule has 6 nitrogen and oxygen atoms in total. The van der Waals surface area contributed by atoms with E-state index in [9.17, 15) is 9.59 Å². The van der Waals surface area contributed by atoms with Crippen molar-refractivity contribution in [3.05, 3.63) is 75.4 Å². The molecule has 0 bridgehead atoms. The van der Waals surface area contributed by atoms with Gasteiger partial charge in [-0.05, 0) is 30.7 Å². The number of ether oxygens (including phenoxy) is 2. The van der Waals surface area contributed by atoms with Gasteiger partial charge in [-0.25, -0.2) is 9.59 Å². The molecule has 28 heavy (non-hydrogen) atoms. The molecule has 2 amide bonds. The first-order chi connectivity index (χ1) is 13.4. The number of esters is 1. The van der Waals surface area contributed by atoms with E-state index in [1.807, 2.05) is 48.5 Å². The van der Waals surface area contributed by atoms with E-state index in [4.69, 9.17) is 9.47 Å². The lowest BCUT2D eigenvalue weighted by Gasteiger charge is -2.33. The summed E-state index contributed by atoms with van der Waals surface area (Å²) < 4.78 is 11.8. The monoisotopic (exact) mass is 444 g/mol. The summed E-state index contributed by atoms with van der Waals surface area (Å²) in [7, 11) is 2.93. The normalized spacial score (nSPS) is 16.6. The lowest BCUT2D eigenvalue weighted by molar-refractivity contribution is -0.136. The topological polar surface area (TPSA) is 67.9 Å². The van der Waals surface area contributed by atoms with Gasteiger partial charge < -0.3 is 19.7 Å². The standard InChI is InChI=1S/C21H21BrN2O4/c1-13-18(20(25)27-3)19(23-21(26)24(13)2)16-11-15(22)9-10-17(16)28-12-14-7-5-4-6-8-14/h4-11,19H,12H2,1-3H3,(H,23,26)/t19-/m1/s1. The van der Waals surface area contributed by atoms with Crippen molar-refractivity contribution in [2.45, 2.75) is 19.6 Å². The van der Waals surface area contributed by atoms with Crippen LogP contribution < -0.4 is 10.1 Å². The third-order valence-electron chi connectivity index (χ3n) is 4.68. The van der Waals surface area contributed by atoms with Crippen LogP contribution in [0.3, 0.4) is 0 Å². The van der Waals surface area contributed by atoms with E-state index in [-0.39, 0.29) is 6.03 Å². The molecule has 146 valence electrons. The first-order valence-corrected chi connectivity index (χ1v) is 9.51. The minimum atomic E-state index is -0.681. The molecule has 1 aliphatic rings. The van der Waals surface area contributed by atoms with Gasteiger partial charge in [0.2, 0.25) is 0 Å². The van der Waals surface area contributed by atoms with Gasteiger partial charge >= 0.3 is 12.0 Å². The first-order valence-electron chi connectivity index (χ1n) is 8.72. The number of halogens is 1. The molecule has 2 aromatic carbocycles. The first kappa shape index (κ1) is 19.9. The van der Waals surface area contributed by atoms with E-state index in [1.165, 1.54) is 12.0 Å². The number of amides is 2. The number of urea groups is 1. The minimum absolute atomic E-state index is 0.302. The highest BCUT2D eigenvalue weighted by Gasteiger charge is 2.36. The van der Waals surface area contributed by atoms with Crippen LogP contribution in [0.1, 0.15) is 24.1 Å². The van der Waals surface area contributed by atoms with Crippen molar-refractivity contribution in [2.24, 2.45) is 0 Å². The summed E-state index contributed by atoms with van der Waals surface area (Å²) in [5.74, 6) is 0.0828. The highest BCUT2D eigenvalue weighted by Crippen LogP contribution is 2.37. The molecule has 7 heteroatoms. The average molecular weight is 445 g/mol. The molecule has 2 aromatic rings. The van der Waals surface area contributed by atoms with Crippen molar-refractivity contribution in [2.75, 3.05) is 14.2 Å². The summed E-state index contributed by atoms with van der Waals surface area (Å²) in [5.41, 5.74) is 2.59. The zero-order valence-corrected chi connectivity index (χ0v) is 17.4. The summed E-state index contributed by atoms with van der Waals surface area (Å²) in [4.78, 5) is 26.3. The third kappa shape index (κ3) is 4.04. The SMILES string of the molecule is COC(=O)C1=C(C)N(C)C(=O)N[C@@H]1c1cc(Br)ccc1OCc1ccccc1. The maximum atomic E-state index is 12.5. The van der Waals surface area contributed by atoms with E-state index in [0.717, 1.165) is 10.0 Å². The van der Waals surface area contributed by atoms with Crippen LogP contribution in [-0.2, 0) is 16.1 Å². The molecule has 0 saturated heterocycles. The van der Waals surface area contributed by atoms with Gasteiger partial charge in [0.25, 0.3) is 0 Å². The number of nitrogens with zero attached hydrogens (tertiary/aromatic N) is 1. The Morgan fingerprint density at radius 1 is 1.21 bits per heavy atom. The van der Waals surface area contributed by atoms with Gasteiger partial charge in [0, 0.05) is 22.8 Å². The van der Waals surface area contributed by atoms with Crippen molar-refractivity contribution >= 4 is 27.9 Å². The number of carbonyl (C=O) groups excluding carboxylic acids is 2. The highest BCUT2D eigenvalue weighted by atomic mass is 79.9. The lowest BCUT2D eigenvalue weighted by atomic mass is 9.94. The molecular formula is C21H21BrN2O4. The fourth-order valence-corrected chi connectivity index (χ4v) is 3.43. The molecule has 0 aliphatic carbocycles. The predicted molar refractivity (Wildman–Crippen MR) is 109 cm³/mol. The third-order valence-corrected chi connectivity index (χ3v) is 5.17. The maximum Gasteiger partial charge on any atom is 0.337 e. The Labute approximate surface area is 172 Å². The van der Waals surface area contributed by atoms with E-state index < -0.39 is 12.0 Å². The zero-order chi connectivity index (χ0) is 20.3. The van der Waals surface area contributed by atoms with Crippen molar-refractivity contribution < 1.29 is 19.1 Å². The molecule has 1 N–H and O–H groups in total. The molecule has 3 rings (SSSR count). The van der Waals surface area contributed by atoms with E-state index in [1.54, 1.807) is 14.0 Å². The van der Waals surface area contributed by atoms with Crippen LogP contribution in [0.15, 0.2) is 64.3 Å². The van der Waals surface area contributed by atoms with E-state index in [0.29, 0.717) is 29.2 Å². The largest absolute Gasteiger partial charge is 0.489 e. The second kappa shape index (κ2) is 8.48. The van der Waals surface area contributed by atoms with Crippen LogP contribution in [0.5, 0.6) is 5.75 Å². The second-order valence-electron chi connectivity index (χ2n) is 6.39. The Balaban J connectivity index is 2.02. The molecule has 0 radical (unpaired) electrons. The Bertz CT molecular complexity index is 927. The molecular weight excluding hydrogens is 424 g/mol. The van der Waals surface area contributed by atoms with E-state index in [2.05, 4.69) is 21.2 Å². The van der Waals surface area contributed by atoms with Crippen molar-refractivity contribution in [3.8, 4) is 5.75 Å². The fourth-order valence-electron chi connectivity index (χ4n) is 3.05. The molecule has 0 fully saturated rings. The number of methoxy groups -OCH3 is 1. The predicted octanol–water partition coefficient (Wildman–Crippen LogP) is 4.17. The molecule has 0 spiro atoms. The van der Waals surface area contributed by atoms with Gasteiger partial charge in [0.15, 0.2) is 0 Å². The van der Waals surface area contributed by atoms with Crippen molar-refractivity contribution in [3.63, 3.8) is 0 Å². The number of nitrogens with one attached hydrogen (secondary N) is 1. The van der Waals surface area contributed by atoms with Crippen LogP contribution >= 0.6 is 15.9 Å². The number of hydrogen-bond acceptors (Lipinski definition) is 4. The Hall–Kier alpha value is -2.80. The maximum absolute atomic E-state index is 12.5. The average Bonchev–Trinajstić information content (AvgIpc) is 2.71. The fraction of sp³-hybridized carbons (Fsp3) is 0.238. The molecule has 1 heterocycles. The van der Waals surface area contributed by atoms with Gasteiger partial charge in [-0.2, -0.15) is 0 Å². The van der Waals surface area contributed by atoms with Crippen molar-refractivity contribution in [1.82, 2.24) is 10.2 Å². The van der Waals surface area contributed by atoms with Gasteiger partial charge in [0.05, 0.1) is 18.7 Å². The summed E-state index contributed by atoms with van der Waals surface area (Å²) in [5, 5.41) is 2.87. The van der Waals surface area contributed by atoms with Crippen LogP contribution in [0.2, 0.25) is 0 Å².